The highest BCUT2D eigenvalue weighted by molar-refractivity contribution is 6.03. The number of anilines is 1. The minimum Gasteiger partial charge on any atom is -0.459 e. The number of benzene rings is 3. The molecule has 6 heteroatoms. The lowest BCUT2D eigenvalue weighted by atomic mass is 9.98. The van der Waals surface area contributed by atoms with Gasteiger partial charge in [-0.1, -0.05) is 79.1 Å². The second-order valence-electron chi connectivity index (χ2n) is 8.30. The largest absolute Gasteiger partial charge is 0.459 e. The summed E-state index contributed by atoms with van der Waals surface area (Å²) in [6.07, 6.45) is 5.05. The Labute approximate surface area is 203 Å². The van der Waals surface area contributed by atoms with Gasteiger partial charge < -0.3 is 8.83 Å². The number of rotatable bonds is 8. The van der Waals surface area contributed by atoms with Crippen molar-refractivity contribution in [2.45, 2.75) is 26.2 Å². The molecule has 5 aromatic rings. The maximum Gasteiger partial charge on any atom is 0.322 e. The van der Waals surface area contributed by atoms with E-state index in [1.807, 2.05) is 18.2 Å². The van der Waals surface area contributed by atoms with E-state index in [-0.39, 0.29) is 17.8 Å². The Bertz CT molecular complexity index is 1400. The summed E-state index contributed by atoms with van der Waals surface area (Å²) in [4.78, 5) is 12.8. The summed E-state index contributed by atoms with van der Waals surface area (Å²) in [7, 11) is 0. The Morgan fingerprint density at radius 3 is 2.23 bits per heavy atom. The quantitative estimate of drug-likeness (QED) is 0.262. The van der Waals surface area contributed by atoms with E-state index < -0.39 is 0 Å². The predicted octanol–water partition coefficient (Wildman–Crippen LogP) is 7.26. The zero-order chi connectivity index (χ0) is 24.0. The van der Waals surface area contributed by atoms with E-state index in [0.29, 0.717) is 11.3 Å². The summed E-state index contributed by atoms with van der Waals surface area (Å²) in [5, 5.41) is 10.4. The number of furan rings is 1. The molecule has 0 saturated carbocycles. The zero-order valence-electron chi connectivity index (χ0n) is 19.4. The molecule has 0 radical (unpaired) electrons. The number of aryl methyl sites for hydroxylation is 1. The Morgan fingerprint density at radius 2 is 1.54 bits per heavy atom. The molecule has 0 atom stereocenters. The fourth-order valence-electron chi connectivity index (χ4n) is 3.88. The second kappa shape index (κ2) is 10.2. The summed E-state index contributed by atoms with van der Waals surface area (Å²) in [6.45, 7) is 2.21. The van der Waals surface area contributed by atoms with Crippen molar-refractivity contribution in [2.75, 3.05) is 5.32 Å². The number of carbonyl (C=O) groups excluding carboxylic acids is 1. The fraction of sp³-hybridized carbons (Fsp3) is 0.138. The third-order valence-electron chi connectivity index (χ3n) is 5.83. The van der Waals surface area contributed by atoms with Crippen LogP contribution in [-0.4, -0.2) is 16.1 Å². The summed E-state index contributed by atoms with van der Waals surface area (Å²) in [6, 6.07) is 28.0. The van der Waals surface area contributed by atoms with Crippen LogP contribution >= 0.6 is 0 Å². The monoisotopic (exact) mass is 463 g/mol. The third kappa shape index (κ3) is 5.22. The molecule has 35 heavy (non-hydrogen) atoms. The Balaban J connectivity index is 1.28. The van der Waals surface area contributed by atoms with E-state index in [9.17, 15) is 4.79 Å². The number of nitrogens with one attached hydrogen (secondary N) is 1. The van der Waals surface area contributed by atoms with Gasteiger partial charge in [-0.25, -0.2) is 0 Å². The van der Waals surface area contributed by atoms with Crippen LogP contribution in [-0.2, 0) is 6.42 Å². The van der Waals surface area contributed by atoms with Crippen molar-refractivity contribution in [1.29, 1.82) is 0 Å². The lowest BCUT2D eigenvalue weighted by Crippen LogP contribution is -2.12. The summed E-state index contributed by atoms with van der Waals surface area (Å²) < 4.78 is 10.7. The molecule has 2 heterocycles. The maximum atomic E-state index is 12.8. The summed E-state index contributed by atoms with van der Waals surface area (Å²) >= 11 is 0. The first-order valence-electron chi connectivity index (χ1n) is 11.7. The van der Waals surface area contributed by atoms with Crippen molar-refractivity contribution in [3.8, 4) is 33.9 Å². The topological polar surface area (TPSA) is 81.2 Å². The molecule has 174 valence electrons. The van der Waals surface area contributed by atoms with Crippen LogP contribution in [0.5, 0.6) is 0 Å². The highest BCUT2D eigenvalue weighted by Crippen LogP contribution is 2.26. The first kappa shape index (κ1) is 22.3. The molecule has 0 saturated heterocycles. The number of hydrogen-bond acceptors (Lipinski definition) is 5. The van der Waals surface area contributed by atoms with Crippen molar-refractivity contribution in [3.63, 3.8) is 0 Å². The zero-order valence-corrected chi connectivity index (χ0v) is 19.4. The van der Waals surface area contributed by atoms with Gasteiger partial charge in [-0.3, -0.25) is 10.1 Å². The van der Waals surface area contributed by atoms with E-state index in [1.165, 1.54) is 30.2 Å². The predicted molar refractivity (Wildman–Crippen MR) is 136 cm³/mol. The standard InChI is InChI=1S/C29H25N3O3/c1-2-3-6-20-10-12-21(13-11-20)22-14-16-23(17-15-22)24-7-4-8-25(19-24)27(33)30-29-32-31-28(35-29)26-9-5-18-34-26/h4-5,7-19H,2-3,6H2,1H3,(H,30,32,33). The van der Waals surface area contributed by atoms with Crippen LogP contribution < -0.4 is 5.32 Å². The van der Waals surface area contributed by atoms with Gasteiger partial charge in [0.2, 0.25) is 0 Å². The van der Waals surface area contributed by atoms with Crippen LogP contribution in [0, 0.1) is 0 Å². The number of carbonyl (C=O) groups is 1. The molecule has 0 bridgehead atoms. The number of hydrogen-bond donors (Lipinski definition) is 1. The molecule has 1 amide bonds. The van der Waals surface area contributed by atoms with Gasteiger partial charge in [0.15, 0.2) is 5.76 Å². The van der Waals surface area contributed by atoms with Gasteiger partial charge in [0.1, 0.15) is 0 Å². The smallest absolute Gasteiger partial charge is 0.322 e. The van der Waals surface area contributed by atoms with Gasteiger partial charge in [0.05, 0.1) is 6.26 Å². The van der Waals surface area contributed by atoms with E-state index in [4.69, 9.17) is 8.83 Å². The molecule has 5 rings (SSSR count). The minimum atomic E-state index is -0.332. The molecule has 0 aliphatic rings. The Kier molecular flexibility index (Phi) is 6.52. The lowest BCUT2D eigenvalue weighted by molar-refractivity contribution is 0.102. The molecule has 1 N–H and O–H groups in total. The molecule has 0 aliphatic heterocycles. The van der Waals surface area contributed by atoms with Crippen molar-refractivity contribution in [2.24, 2.45) is 0 Å². The number of aromatic nitrogens is 2. The van der Waals surface area contributed by atoms with E-state index in [2.05, 4.69) is 71.0 Å². The summed E-state index contributed by atoms with van der Waals surface area (Å²) in [5.74, 6) is 0.312. The van der Waals surface area contributed by atoms with Crippen LogP contribution in [0.3, 0.4) is 0 Å². The third-order valence-corrected chi connectivity index (χ3v) is 5.83. The van der Waals surface area contributed by atoms with Crippen LogP contribution in [0.4, 0.5) is 6.01 Å². The Morgan fingerprint density at radius 1 is 0.829 bits per heavy atom. The van der Waals surface area contributed by atoms with Crippen LogP contribution in [0.2, 0.25) is 0 Å². The highest BCUT2D eigenvalue weighted by Gasteiger charge is 2.15. The first-order chi connectivity index (χ1) is 17.2. The normalized spacial score (nSPS) is 10.9. The molecule has 6 nitrogen and oxygen atoms in total. The van der Waals surface area contributed by atoms with Crippen molar-refractivity contribution < 1.29 is 13.6 Å². The number of nitrogens with zero attached hydrogens (tertiary/aromatic N) is 2. The number of unbranched alkanes of at least 4 members (excludes halogenated alkanes) is 1. The van der Waals surface area contributed by atoms with Gasteiger partial charge in [-0.05, 0) is 64.9 Å². The van der Waals surface area contributed by atoms with Crippen molar-refractivity contribution >= 4 is 11.9 Å². The minimum absolute atomic E-state index is 0.0110. The molecule has 3 aromatic carbocycles. The average molecular weight is 464 g/mol. The molecular weight excluding hydrogens is 438 g/mol. The maximum absolute atomic E-state index is 12.8. The van der Waals surface area contributed by atoms with E-state index >= 15 is 0 Å². The lowest BCUT2D eigenvalue weighted by Gasteiger charge is -2.08. The van der Waals surface area contributed by atoms with E-state index in [0.717, 1.165) is 23.1 Å². The molecule has 0 fully saturated rings. The van der Waals surface area contributed by atoms with Crippen LogP contribution in [0.15, 0.2) is 100 Å². The molecule has 2 aromatic heterocycles. The number of amides is 1. The average Bonchev–Trinajstić information content (AvgIpc) is 3.60. The van der Waals surface area contributed by atoms with Crippen LogP contribution in [0.1, 0.15) is 35.7 Å². The van der Waals surface area contributed by atoms with Gasteiger partial charge in [-0.15, -0.1) is 5.10 Å². The molecule has 0 spiro atoms. The second-order valence-corrected chi connectivity index (χ2v) is 8.30. The van der Waals surface area contributed by atoms with Gasteiger partial charge >= 0.3 is 6.01 Å². The van der Waals surface area contributed by atoms with E-state index in [1.54, 1.807) is 18.2 Å². The van der Waals surface area contributed by atoms with Gasteiger partial charge in [-0.2, -0.15) is 0 Å². The highest BCUT2D eigenvalue weighted by atomic mass is 16.4. The molecule has 0 aliphatic carbocycles. The SMILES string of the molecule is CCCCc1ccc(-c2ccc(-c3cccc(C(=O)Nc4nnc(-c5ccco5)o4)c3)cc2)cc1. The van der Waals surface area contributed by atoms with Crippen molar-refractivity contribution in [3.05, 3.63) is 102 Å². The molecule has 0 unspecified atom stereocenters. The van der Waals surface area contributed by atoms with Crippen LogP contribution in [0.25, 0.3) is 33.9 Å². The van der Waals surface area contributed by atoms with Gasteiger partial charge in [0, 0.05) is 5.56 Å². The first-order valence-corrected chi connectivity index (χ1v) is 11.7. The molecular formula is C29H25N3O3. The van der Waals surface area contributed by atoms with Gasteiger partial charge in [0.25, 0.3) is 11.8 Å². The van der Waals surface area contributed by atoms with Crippen molar-refractivity contribution in [1.82, 2.24) is 10.2 Å². The Hall–Kier alpha value is -4.45. The fourth-order valence-corrected chi connectivity index (χ4v) is 3.88. The summed E-state index contributed by atoms with van der Waals surface area (Å²) in [5.41, 5.74) is 6.20.